The van der Waals surface area contributed by atoms with Crippen molar-refractivity contribution in [1.82, 2.24) is 0 Å². The molecule has 0 rings (SSSR count). The highest BCUT2D eigenvalue weighted by Crippen LogP contribution is 2.30. The first-order chi connectivity index (χ1) is 6.04. The van der Waals surface area contributed by atoms with E-state index in [0.29, 0.717) is 5.92 Å². The molecule has 0 aromatic rings. The first kappa shape index (κ1) is 12.7. The average molecular weight is 182 g/mol. The van der Waals surface area contributed by atoms with Gasteiger partial charge in [-0.1, -0.05) is 52.7 Å². The molecule has 0 radical (unpaired) electrons. The van der Waals surface area contributed by atoms with Crippen LogP contribution in [0.3, 0.4) is 0 Å². The van der Waals surface area contributed by atoms with Crippen molar-refractivity contribution in [2.24, 2.45) is 17.8 Å². The lowest BCUT2D eigenvalue weighted by Gasteiger charge is -2.26. The van der Waals surface area contributed by atoms with Crippen LogP contribution < -0.4 is 0 Å². The Labute approximate surface area is 84.4 Å². The minimum absolute atomic E-state index is 0.712. The van der Waals surface area contributed by atoms with Crippen molar-refractivity contribution in [3.63, 3.8) is 0 Å². The van der Waals surface area contributed by atoms with Gasteiger partial charge in [0.25, 0.3) is 0 Å². The van der Waals surface area contributed by atoms with Crippen LogP contribution in [0, 0.1) is 17.8 Å². The van der Waals surface area contributed by atoms with E-state index in [2.05, 4.69) is 47.6 Å². The van der Waals surface area contributed by atoms with E-state index < -0.39 is 0 Å². The second-order valence-electron chi connectivity index (χ2n) is 4.58. The van der Waals surface area contributed by atoms with Crippen molar-refractivity contribution >= 4 is 0 Å². The molecular formula is C13H26. The standard InChI is InChI=1S/C13H26/c1-7-9-13(11(5)6)12(8-2)10(3)4/h8,10-11,13H,7,9H2,1-6H3. The van der Waals surface area contributed by atoms with E-state index in [4.69, 9.17) is 0 Å². The smallest absolute Gasteiger partial charge is 0.0178 e. The number of allylic oxidation sites excluding steroid dienone is 2. The Kier molecular flexibility index (Phi) is 6.11. The molecule has 0 saturated heterocycles. The Morgan fingerprint density at radius 1 is 1.15 bits per heavy atom. The molecule has 1 atom stereocenters. The maximum absolute atomic E-state index is 2.34. The molecule has 0 aliphatic carbocycles. The molecule has 0 aromatic heterocycles. The van der Waals surface area contributed by atoms with Gasteiger partial charge in [0.2, 0.25) is 0 Å². The predicted octanol–water partition coefficient (Wildman–Crippen LogP) is 4.66. The minimum atomic E-state index is 0.712. The molecular weight excluding hydrogens is 156 g/mol. The van der Waals surface area contributed by atoms with Gasteiger partial charge in [-0.3, -0.25) is 0 Å². The van der Waals surface area contributed by atoms with Crippen molar-refractivity contribution in [3.05, 3.63) is 11.6 Å². The number of hydrogen-bond acceptors (Lipinski definition) is 0. The summed E-state index contributed by atoms with van der Waals surface area (Å²) in [6.45, 7) is 13.8. The molecule has 0 saturated carbocycles. The fraction of sp³-hybridized carbons (Fsp3) is 0.846. The van der Waals surface area contributed by atoms with Crippen molar-refractivity contribution in [2.45, 2.75) is 54.4 Å². The van der Waals surface area contributed by atoms with Gasteiger partial charge in [-0.15, -0.1) is 0 Å². The highest BCUT2D eigenvalue weighted by atomic mass is 14.2. The quantitative estimate of drug-likeness (QED) is 0.542. The molecule has 0 spiro atoms. The summed E-state index contributed by atoms with van der Waals surface area (Å²) in [7, 11) is 0. The van der Waals surface area contributed by atoms with Crippen molar-refractivity contribution in [2.75, 3.05) is 0 Å². The van der Waals surface area contributed by atoms with Gasteiger partial charge < -0.3 is 0 Å². The molecule has 1 unspecified atom stereocenters. The van der Waals surface area contributed by atoms with Crippen LogP contribution in [0.4, 0.5) is 0 Å². The second kappa shape index (κ2) is 6.23. The summed E-state index contributed by atoms with van der Waals surface area (Å²) in [4.78, 5) is 0. The Bertz CT molecular complexity index is 151. The number of hydrogen-bond donors (Lipinski definition) is 0. The maximum atomic E-state index is 2.34. The monoisotopic (exact) mass is 182 g/mol. The maximum Gasteiger partial charge on any atom is -0.0178 e. The van der Waals surface area contributed by atoms with E-state index in [1.165, 1.54) is 12.8 Å². The van der Waals surface area contributed by atoms with Gasteiger partial charge in [0.15, 0.2) is 0 Å². The highest BCUT2D eigenvalue weighted by molar-refractivity contribution is 5.09. The minimum Gasteiger partial charge on any atom is -0.0879 e. The SMILES string of the molecule is CC=C(C(C)C)C(CCC)C(C)C. The summed E-state index contributed by atoms with van der Waals surface area (Å²) in [5, 5.41) is 0. The molecule has 0 bridgehead atoms. The third kappa shape index (κ3) is 3.97. The lowest BCUT2D eigenvalue weighted by Crippen LogP contribution is -2.15. The van der Waals surface area contributed by atoms with Crippen LogP contribution in [0.5, 0.6) is 0 Å². The van der Waals surface area contributed by atoms with Gasteiger partial charge in [0, 0.05) is 0 Å². The topological polar surface area (TPSA) is 0 Å². The molecule has 0 aromatic carbocycles. The molecule has 0 aliphatic rings. The fourth-order valence-electron chi connectivity index (χ4n) is 2.17. The summed E-state index contributed by atoms with van der Waals surface area (Å²) in [5.41, 5.74) is 1.65. The summed E-state index contributed by atoms with van der Waals surface area (Å²) in [5.74, 6) is 2.30. The molecule has 0 N–H and O–H groups in total. The normalized spacial score (nSPS) is 15.5. The molecule has 0 amide bonds. The predicted molar refractivity (Wildman–Crippen MR) is 61.8 cm³/mol. The van der Waals surface area contributed by atoms with Gasteiger partial charge in [-0.2, -0.15) is 0 Å². The van der Waals surface area contributed by atoms with Crippen LogP contribution in [0.2, 0.25) is 0 Å². The largest absolute Gasteiger partial charge is 0.0879 e. The third-order valence-electron chi connectivity index (χ3n) is 2.83. The molecule has 0 fully saturated rings. The zero-order valence-electron chi connectivity index (χ0n) is 10.2. The van der Waals surface area contributed by atoms with Crippen molar-refractivity contribution < 1.29 is 0 Å². The van der Waals surface area contributed by atoms with Gasteiger partial charge in [0.1, 0.15) is 0 Å². The first-order valence-electron chi connectivity index (χ1n) is 5.70. The van der Waals surface area contributed by atoms with Crippen LogP contribution in [-0.2, 0) is 0 Å². The van der Waals surface area contributed by atoms with Gasteiger partial charge in [-0.25, -0.2) is 0 Å². The van der Waals surface area contributed by atoms with E-state index >= 15 is 0 Å². The average Bonchev–Trinajstić information content (AvgIpc) is 2.03. The second-order valence-corrected chi connectivity index (χ2v) is 4.58. The molecule has 78 valence electrons. The van der Waals surface area contributed by atoms with E-state index in [9.17, 15) is 0 Å². The van der Waals surface area contributed by atoms with Crippen molar-refractivity contribution in [1.29, 1.82) is 0 Å². The fourth-order valence-corrected chi connectivity index (χ4v) is 2.17. The molecule has 0 heteroatoms. The molecule has 0 aliphatic heterocycles. The summed E-state index contributed by atoms with van der Waals surface area (Å²) >= 11 is 0. The van der Waals surface area contributed by atoms with Crippen LogP contribution >= 0.6 is 0 Å². The number of rotatable bonds is 5. The Balaban J connectivity index is 4.50. The third-order valence-corrected chi connectivity index (χ3v) is 2.83. The lowest BCUT2D eigenvalue weighted by molar-refractivity contribution is 0.383. The highest BCUT2D eigenvalue weighted by Gasteiger charge is 2.18. The van der Waals surface area contributed by atoms with E-state index in [0.717, 1.165) is 11.8 Å². The summed E-state index contributed by atoms with van der Waals surface area (Å²) in [6, 6.07) is 0. The van der Waals surface area contributed by atoms with Gasteiger partial charge in [0.05, 0.1) is 0 Å². The van der Waals surface area contributed by atoms with Crippen LogP contribution in [0.15, 0.2) is 11.6 Å². The summed E-state index contributed by atoms with van der Waals surface area (Å²) < 4.78 is 0. The Hall–Kier alpha value is -0.260. The summed E-state index contributed by atoms with van der Waals surface area (Å²) in [6.07, 6.45) is 4.97. The van der Waals surface area contributed by atoms with Gasteiger partial charge in [-0.05, 0) is 31.1 Å². The van der Waals surface area contributed by atoms with Crippen LogP contribution in [0.1, 0.15) is 54.4 Å². The van der Waals surface area contributed by atoms with Crippen molar-refractivity contribution in [3.8, 4) is 0 Å². The van der Waals surface area contributed by atoms with E-state index in [1.807, 2.05) is 0 Å². The van der Waals surface area contributed by atoms with Gasteiger partial charge >= 0.3 is 0 Å². The molecule has 0 heterocycles. The lowest BCUT2D eigenvalue weighted by atomic mass is 9.79. The Morgan fingerprint density at radius 3 is 1.92 bits per heavy atom. The van der Waals surface area contributed by atoms with Crippen LogP contribution in [0.25, 0.3) is 0 Å². The zero-order valence-corrected chi connectivity index (χ0v) is 10.2. The van der Waals surface area contributed by atoms with E-state index in [-0.39, 0.29) is 0 Å². The van der Waals surface area contributed by atoms with Crippen LogP contribution in [-0.4, -0.2) is 0 Å². The zero-order chi connectivity index (χ0) is 10.4. The van der Waals surface area contributed by atoms with E-state index in [1.54, 1.807) is 5.57 Å². The Morgan fingerprint density at radius 2 is 1.69 bits per heavy atom. The first-order valence-corrected chi connectivity index (χ1v) is 5.70. The molecule has 0 nitrogen and oxygen atoms in total. The molecule has 13 heavy (non-hydrogen) atoms.